The Labute approximate surface area is 94.5 Å². The van der Waals surface area contributed by atoms with Crippen LogP contribution in [-0.2, 0) is 4.74 Å². The van der Waals surface area contributed by atoms with Gasteiger partial charge in [-0.25, -0.2) is 0 Å². The largest absolute Gasteiger partial charge is 0.494 e. The summed E-state index contributed by atoms with van der Waals surface area (Å²) in [5.41, 5.74) is 1.24. The molecule has 15 heavy (non-hydrogen) atoms. The third-order valence-corrected chi connectivity index (χ3v) is 2.04. The molecule has 0 unspecified atom stereocenters. The summed E-state index contributed by atoms with van der Waals surface area (Å²) in [5, 5.41) is 0. The number of ether oxygens (including phenoxy) is 1. The van der Waals surface area contributed by atoms with Crippen LogP contribution in [0.15, 0.2) is 35.6 Å². The quantitative estimate of drug-likeness (QED) is 0.337. The summed E-state index contributed by atoms with van der Waals surface area (Å²) in [6.07, 6.45) is 11.8. The second-order valence-electron chi connectivity index (χ2n) is 3.59. The van der Waals surface area contributed by atoms with Crippen molar-refractivity contribution in [2.24, 2.45) is 0 Å². The van der Waals surface area contributed by atoms with Crippen LogP contribution in [0.4, 0.5) is 0 Å². The van der Waals surface area contributed by atoms with E-state index in [1.165, 1.54) is 12.0 Å². The van der Waals surface area contributed by atoms with Gasteiger partial charge in [0.05, 0.1) is 6.61 Å². The van der Waals surface area contributed by atoms with Crippen LogP contribution in [0, 0.1) is 0 Å². The summed E-state index contributed by atoms with van der Waals surface area (Å²) in [7, 11) is 0. The molecule has 0 saturated carbocycles. The molecule has 0 amide bonds. The van der Waals surface area contributed by atoms with Crippen molar-refractivity contribution in [1.82, 2.24) is 0 Å². The first-order valence-electron chi connectivity index (χ1n) is 5.88. The van der Waals surface area contributed by atoms with Gasteiger partial charge in [0.2, 0.25) is 0 Å². The van der Waals surface area contributed by atoms with Gasteiger partial charge in [-0.1, -0.05) is 32.4 Å². The summed E-state index contributed by atoms with van der Waals surface area (Å²) in [4.78, 5) is 0. The fourth-order valence-corrected chi connectivity index (χ4v) is 1.12. The van der Waals surface area contributed by atoms with E-state index in [-0.39, 0.29) is 0 Å². The predicted molar refractivity (Wildman–Crippen MR) is 67.8 cm³/mol. The zero-order chi connectivity index (χ0) is 11.5. The molecular weight excluding hydrogens is 184 g/mol. The Morgan fingerprint density at radius 2 is 2.00 bits per heavy atom. The Morgan fingerprint density at radius 1 is 1.27 bits per heavy atom. The highest BCUT2D eigenvalue weighted by Gasteiger charge is 1.92. The van der Waals surface area contributed by atoms with Gasteiger partial charge < -0.3 is 4.74 Å². The van der Waals surface area contributed by atoms with Gasteiger partial charge in [-0.15, -0.1) is 0 Å². The van der Waals surface area contributed by atoms with Gasteiger partial charge in [-0.05, 0) is 44.4 Å². The third-order valence-electron chi connectivity index (χ3n) is 2.04. The number of unbranched alkanes of at least 4 members (excludes halogenated alkanes) is 1. The average Bonchev–Trinajstić information content (AvgIpc) is 2.25. The highest BCUT2D eigenvalue weighted by atomic mass is 16.5. The van der Waals surface area contributed by atoms with E-state index in [2.05, 4.69) is 39.0 Å². The van der Waals surface area contributed by atoms with Crippen molar-refractivity contribution in [3.05, 3.63) is 35.6 Å². The maximum absolute atomic E-state index is 5.63. The van der Waals surface area contributed by atoms with Gasteiger partial charge in [0.15, 0.2) is 0 Å². The molecule has 1 nitrogen and oxygen atoms in total. The topological polar surface area (TPSA) is 9.23 Å². The summed E-state index contributed by atoms with van der Waals surface area (Å²) in [5.74, 6) is 0.974. The Balaban J connectivity index is 4.13. The molecule has 0 atom stereocenters. The first-order chi connectivity index (χ1) is 7.24. The van der Waals surface area contributed by atoms with Crippen molar-refractivity contribution in [3.63, 3.8) is 0 Å². The van der Waals surface area contributed by atoms with Crippen molar-refractivity contribution < 1.29 is 4.74 Å². The first-order valence-corrected chi connectivity index (χ1v) is 5.88. The third kappa shape index (κ3) is 8.04. The summed E-state index contributed by atoms with van der Waals surface area (Å²) in [6, 6.07) is 0. The minimum Gasteiger partial charge on any atom is -0.494 e. The van der Waals surface area contributed by atoms with Crippen LogP contribution in [0.3, 0.4) is 0 Å². The molecule has 0 aromatic carbocycles. The lowest BCUT2D eigenvalue weighted by Gasteiger charge is -2.06. The van der Waals surface area contributed by atoms with Crippen LogP contribution in [0.2, 0.25) is 0 Å². The Hall–Kier alpha value is -0.980. The second-order valence-corrected chi connectivity index (χ2v) is 3.59. The number of rotatable bonds is 7. The maximum atomic E-state index is 5.63. The fraction of sp³-hybridized carbons (Fsp3) is 0.571. The zero-order valence-electron chi connectivity index (χ0n) is 10.5. The molecule has 0 fully saturated rings. The van der Waals surface area contributed by atoms with Crippen LogP contribution < -0.4 is 0 Å². The number of hydrogen-bond acceptors (Lipinski definition) is 1. The molecule has 0 aromatic rings. The monoisotopic (exact) mass is 208 g/mol. The molecule has 1 heteroatoms. The summed E-state index contributed by atoms with van der Waals surface area (Å²) < 4.78 is 5.63. The molecule has 0 heterocycles. The molecule has 0 bridgehead atoms. The molecule has 86 valence electrons. The molecule has 0 aliphatic rings. The standard InChI is InChI=1S/C14H24O/c1-5-8-10-13(4)12-14(7-3)15-11-9-6-2/h7-8,10,12H,5-6,9,11H2,1-4H3/b10-8+,13-12-,14-7+. The minimum absolute atomic E-state index is 0.817. The predicted octanol–water partition coefficient (Wildman–Crippen LogP) is 4.62. The van der Waals surface area contributed by atoms with E-state index in [9.17, 15) is 0 Å². The average molecular weight is 208 g/mol. The molecule has 0 spiro atoms. The summed E-state index contributed by atoms with van der Waals surface area (Å²) >= 11 is 0. The lowest BCUT2D eigenvalue weighted by molar-refractivity contribution is 0.218. The van der Waals surface area contributed by atoms with Crippen LogP contribution >= 0.6 is 0 Å². The lowest BCUT2D eigenvalue weighted by atomic mass is 10.2. The molecular formula is C14H24O. The fourth-order valence-electron chi connectivity index (χ4n) is 1.12. The molecule has 0 aliphatic heterocycles. The lowest BCUT2D eigenvalue weighted by Crippen LogP contribution is -1.92. The van der Waals surface area contributed by atoms with Crippen molar-refractivity contribution in [2.45, 2.75) is 47.0 Å². The second kappa shape index (κ2) is 9.57. The molecule has 0 saturated heterocycles. The molecule has 0 aromatic heterocycles. The Kier molecular flexibility index (Phi) is 8.95. The minimum atomic E-state index is 0.817. The molecule has 0 aliphatic carbocycles. The van der Waals surface area contributed by atoms with Crippen molar-refractivity contribution in [1.29, 1.82) is 0 Å². The van der Waals surface area contributed by atoms with Gasteiger partial charge in [-0.2, -0.15) is 0 Å². The van der Waals surface area contributed by atoms with Gasteiger partial charge in [0.25, 0.3) is 0 Å². The molecule has 0 rings (SSSR count). The van der Waals surface area contributed by atoms with Crippen LogP contribution in [0.25, 0.3) is 0 Å². The SMILES string of the molecule is C\C=C(/C=C(C)\C=C\CC)OCCCC. The summed E-state index contributed by atoms with van der Waals surface area (Å²) in [6.45, 7) is 9.23. The maximum Gasteiger partial charge on any atom is 0.115 e. The van der Waals surface area contributed by atoms with Crippen molar-refractivity contribution in [2.75, 3.05) is 6.61 Å². The van der Waals surface area contributed by atoms with E-state index in [1.807, 2.05) is 13.0 Å². The van der Waals surface area contributed by atoms with Gasteiger partial charge in [0, 0.05) is 0 Å². The van der Waals surface area contributed by atoms with E-state index in [0.29, 0.717) is 0 Å². The zero-order valence-corrected chi connectivity index (χ0v) is 10.5. The van der Waals surface area contributed by atoms with Crippen LogP contribution in [0.1, 0.15) is 47.0 Å². The van der Waals surface area contributed by atoms with E-state index in [0.717, 1.165) is 25.2 Å². The molecule has 0 N–H and O–H groups in total. The van der Waals surface area contributed by atoms with Crippen molar-refractivity contribution >= 4 is 0 Å². The van der Waals surface area contributed by atoms with Gasteiger partial charge >= 0.3 is 0 Å². The highest BCUT2D eigenvalue weighted by molar-refractivity contribution is 5.25. The normalized spacial score (nSPS) is 13.6. The first kappa shape index (κ1) is 14.0. The van der Waals surface area contributed by atoms with Crippen LogP contribution in [0.5, 0.6) is 0 Å². The smallest absolute Gasteiger partial charge is 0.115 e. The highest BCUT2D eigenvalue weighted by Crippen LogP contribution is 2.07. The van der Waals surface area contributed by atoms with Gasteiger partial charge in [-0.3, -0.25) is 0 Å². The van der Waals surface area contributed by atoms with E-state index in [1.54, 1.807) is 0 Å². The van der Waals surface area contributed by atoms with E-state index in [4.69, 9.17) is 4.74 Å². The van der Waals surface area contributed by atoms with Crippen LogP contribution in [-0.4, -0.2) is 6.61 Å². The molecule has 0 radical (unpaired) electrons. The van der Waals surface area contributed by atoms with E-state index < -0.39 is 0 Å². The van der Waals surface area contributed by atoms with Gasteiger partial charge in [0.1, 0.15) is 5.76 Å². The van der Waals surface area contributed by atoms with E-state index >= 15 is 0 Å². The van der Waals surface area contributed by atoms with Crippen molar-refractivity contribution in [3.8, 4) is 0 Å². The Bertz CT molecular complexity index is 234. The Morgan fingerprint density at radius 3 is 2.53 bits per heavy atom. The number of hydrogen-bond donors (Lipinski definition) is 0. The number of allylic oxidation sites excluding steroid dienone is 5.